The van der Waals surface area contributed by atoms with Crippen LogP contribution in [0.2, 0.25) is 0 Å². The zero-order valence-corrected chi connectivity index (χ0v) is 11.3. The molecule has 1 atom stereocenters. The summed E-state index contributed by atoms with van der Waals surface area (Å²) in [5, 5.41) is 5.05. The SMILES string of the molecule is CCCCC(CC)CNC(=O)c1csc(N)n1. The van der Waals surface area contributed by atoms with E-state index in [9.17, 15) is 4.79 Å². The molecule has 0 aromatic carbocycles. The Morgan fingerprint density at radius 1 is 1.59 bits per heavy atom. The molecule has 5 heteroatoms. The molecular weight excluding hydrogens is 234 g/mol. The summed E-state index contributed by atoms with van der Waals surface area (Å²) >= 11 is 1.29. The van der Waals surface area contributed by atoms with E-state index < -0.39 is 0 Å². The highest BCUT2D eigenvalue weighted by Gasteiger charge is 2.12. The summed E-state index contributed by atoms with van der Waals surface area (Å²) < 4.78 is 0. The summed E-state index contributed by atoms with van der Waals surface area (Å²) in [6, 6.07) is 0. The fourth-order valence-corrected chi connectivity index (χ4v) is 2.21. The van der Waals surface area contributed by atoms with Crippen molar-refractivity contribution in [3.05, 3.63) is 11.1 Å². The van der Waals surface area contributed by atoms with Gasteiger partial charge < -0.3 is 11.1 Å². The Morgan fingerprint density at radius 3 is 2.88 bits per heavy atom. The van der Waals surface area contributed by atoms with Crippen LogP contribution in [0.1, 0.15) is 50.0 Å². The van der Waals surface area contributed by atoms with Gasteiger partial charge in [0.25, 0.3) is 5.91 Å². The van der Waals surface area contributed by atoms with Crippen LogP contribution in [0.4, 0.5) is 5.13 Å². The number of anilines is 1. The van der Waals surface area contributed by atoms with E-state index in [1.165, 1.54) is 30.6 Å². The van der Waals surface area contributed by atoms with E-state index in [-0.39, 0.29) is 5.91 Å². The molecule has 0 aliphatic heterocycles. The summed E-state index contributed by atoms with van der Waals surface area (Å²) in [5.41, 5.74) is 5.92. The highest BCUT2D eigenvalue weighted by Crippen LogP contribution is 2.13. The molecule has 0 radical (unpaired) electrons. The molecule has 0 spiro atoms. The maximum Gasteiger partial charge on any atom is 0.270 e. The standard InChI is InChI=1S/C12H21N3OS/c1-3-5-6-9(4-2)7-14-11(16)10-8-17-12(13)15-10/h8-9H,3-7H2,1-2H3,(H2,13,15)(H,14,16). The Labute approximate surface area is 107 Å². The molecule has 17 heavy (non-hydrogen) atoms. The van der Waals surface area contributed by atoms with Crippen molar-refractivity contribution in [2.24, 2.45) is 5.92 Å². The first-order chi connectivity index (χ1) is 8.17. The lowest BCUT2D eigenvalue weighted by molar-refractivity contribution is 0.0941. The molecule has 1 amide bonds. The zero-order valence-electron chi connectivity index (χ0n) is 10.5. The van der Waals surface area contributed by atoms with Gasteiger partial charge in [-0.2, -0.15) is 0 Å². The van der Waals surface area contributed by atoms with Gasteiger partial charge in [0.2, 0.25) is 0 Å². The van der Waals surface area contributed by atoms with Gasteiger partial charge in [-0.1, -0.05) is 33.1 Å². The number of unbranched alkanes of at least 4 members (excludes halogenated alkanes) is 1. The third-order valence-electron chi connectivity index (χ3n) is 2.85. The quantitative estimate of drug-likeness (QED) is 0.787. The first-order valence-electron chi connectivity index (χ1n) is 6.16. The number of nitrogens with zero attached hydrogens (tertiary/aromatic N) is 1. The van der Waals surface area contributed by atoms with Crippen molar-refractivity contribution in [2.75, 3.05) is 12.3 Å². The van der Waals surface area contributed by atoms with E-state index in [1.807, 2.05) is 0 Å². The molecule has 1 unspecified atom stereocenters. The lowest BCUT2D eigenvalue weighted by Gasteiger charge is -2.14. The summed E-state index contributed by atoms with van der Waals surface area (Å²) in [6.45, 7) is 5.07. The van der Waals surface area contributed by atoms with Crippen LogP contribution in [0.15, 0.2) is 5.38 Å². The lowest BCUT2D eigenvalue weighted by Crippen LogP contribution is -2.29. The number of carbonyl (C=O) groups is 1. The highest BCUT2D eigenvalue weighted by molar-refractivity contribution is 7.13. The van der Waals surface area contributed by atoms with Crippen LogP contribution >= 0.6 is 11.3 Å². The smallest absolute Gasteiger partial charge is 0.270 e. The Hall–Kier alpha value is -1.10. The number of aromatic nitrogens is 1. The van der Waals surface area contributed by atoms with Crippen molar-refractivity contribution in [2.45, 2.75) is 39.5 Å². The van der Waals surface area contributed by atoms with Crippen LogP contribution in [-0.2, 0) is 0 Å². The van der Waals surface area contributed by atoms with Gasteiger partial charge in [-0.3, -0.25) is 4.79 Å². The topological polar surface area (TPSA) is 68.0 Å². The molecule has 96 valence electrons. The molecular formula is C12H21N3OS. The minimum absolute atomic E-state index is 0.118. The predicted molar refractivity (Wildman–Crippen MR) is 72.2 cm³/mol. The van der Waals surface area contributed by atoms with Crippen molar-refractivity contribution in [1.29, 1.82) is 0 Å². The number of nitrogens with one attached hydrogen (secondary N) is 1. The Balaban J connectivity index is 2.36. The van der Waals surface area contributed by atoms with Gasteiger partial charge in [0.1, 0.15) is 5.69 Å². The average molecular weight is 255 g/mol. The van der Waals surface area contributed by atoms with E-state index in [2.05, 4.69) is 24.1 Å². The van der Waals surface area contributed by atoms with E-state index in [4.69, 9.17) is 5.73 Å². The van der Waals surface area contributed by atoms with E-state index in [0.717, 1.165) is 13.0 Å². The van der Waals surface area contributed by atoms with Gasteiger partial charge in [0.05, 0.1) is 0 Å². The molecule has 0 saturated heterocycles. The molecule has 0 bridgehead atoms. The summed E-state index contributed by atoms with van der Waals surface area (Å²) in [6.07, 6.45) is 4.69. The van der Waals surface area contributed by atoms with Crippen molar-refractivity contribution >= 4 is 22.4 Å². The number of nitrogen functional groups attached to an aromatic ring is 1. The zero-order chi connectivity index (χ0) is 12.7. The second-order valence-electron chi connectivity index (χ2n) is 4.20. The molecule has 0 fully saturated rings. The second-order valence-corrected chi connectivity index (χ2v) is 5.09. The first kappa shape index (κ1) is 14.0. The lowest BCUT2D eigenvalue weighted by atomic mass is 9.99. The maximum absolute atomic E-state index is 11.7. The fourth-order valence-electron chi connectivity index (χ4n) is 1.66. The highest BCUT2D eigenvalue weighted by atomic mass is 32.1. The van der Waals surface area contributed by atoms with Gasteiger partial charge >= 0.3 is 0 Å². The van der Waals surface area contributed by atoms with Gasteiger partial charge in [0, 0.05) is 11.9 Å². The molecule has 3 N–H and O–H groups in total. The fraction of sp³-hybridized carbons (Fsp3) is 0.667. The largest absolute Gasteiger partial charge is 0.375 e. The van der Waals surface area contributed by atoms with Crippen LogP contribution < -0.4 is 11.1 Å². The van der Waals surface area contributed by atoms with E-state index >= 15 is 0 Å². The summed E-state index contributed by atoms with van der Waals surface area (Å²) in [7, 11) is 0. The number of hydrogen-bond acceptors (Lipinski definition) is 4. The molecule has 1 aromatic heterocycles. The molecule has 4 nitrogen and oxygen atoms in total. The number of amides is 1. The van der Waals surface area contributed by atoms with Gasteiger partial charge in [-0.15, -0.1) is 11.3 Å². The average Bonchev–Trinajstić information content (AvgIpc) is 2.76. The minimum atomic E-state index is -0.118. The van der Waals surface area contributed by atoms with Crippen LogP contribution in [0.3, 0.4) is 0 Å². The number of carbonyl (C=O) groups excluding carboxylic acids is 1. The Bertz CT molecular complexity index is 351. The van der Waals surface area contributed by atoms with Crippen LogP contribution in [0, 0.1) is 5.92 Å². The van der Waals surface area contributed by atoms with Gasteiger partial charge in [-0.05, 0) is 12.3 Å². The van der Waals surface area contributed by atoms with Crippen molar-refractivity contribution in [3.8, 4) is 0 Å². The third kappa shape index (κ3) is 4.73. The molecule has 0 aliphatic rings. The van der Waals surface area contributed by atoms with E-state index in [0.29, 0.717) is 16.7 Å². The van der Waals surface area contributed by atoms with Crippen molar-refractivity contribution in [1.82, 2.24) is 10.3 Å². The summed E-state index contributed by atoms with van der Waals surface area (Å²) in [4.78, 5) is 15.7. The number of thiazole rings is 1. The Morgan fingerprint density at radius 2 is 2.35 bits per heavy atom. The Kier molecular flexibility index (Phi) is 5.97. The van der Waals surface area contributed by atoms with Crippen molar-refractivity contribution in [3.63, 3.8) is 0 Å². The van der Waals surface area contributed by atoms with Crippen molar-refractivity contribution < 1.29 is 4.79 Å². The van der Waals surface area contributed by atoms with E-state index in [1.54, 1.807) is 5.38 Å². The first-order valence-corrected chi connectivity index (χ1v) is 7.04. The molecule has 0 saturated carbocycles. The molecule has 1 rings (SSSR count). The monoisotopic (exact) mass is 255 g/mol. The molecule has 1 aromatic rings. The van der Waals surface area contributed by atoms with Crippen LogP contribution in [0.5, 0.6) is 0 Å². The van der Waals surface area contributed by atoms with Crippen LogP contribution in [-0.4, -0.2) is 17.4 Å². The number of nitrogens with two attached hydrogens (primary N) is 1. The molecule has 0 aliphatic carbocycles. The number of rotatable bonds is 7. The second kappa shape index (κ2) is 7.27. The normalized spacial score (nSPS) is 12.4. The van der Waals surface area contributed by atoms with Gasteiger partial charge in [-0.25, -0.2) is 4.98 Å². The number of hydrogen-bond donors (Lipinski definition) is 2. The van der Waals surface area contributed by atoms with Gasteiger partial charge in [0.15, 0.2) is 5.13 Å². The predicted octanol–water partition coefficient (Wildman–Crippen LogP) is 2.67. The van der Waals surface area contributed by atoms with Crippen LogP contribution in [0.25, 0.3) is 0 Å². The summed E-state index contributed by atoms with van der Waals surface area (Å²) in [5.74, 6) is 0.447. The molecule has 1 heterocycles. The third-order valence-corrected chi connectivity index (χ3v) is 3.52. The minimum Gasteiger partial charge on any atom is -0.375 e. The maximum atomic E-state index is 11.7.